The van der Waals surface area contributed by atoms with E-state index in [0.29, 0.717) is 40.6 Å². The number of rotatable bonds is 10. The number of hydrogen-bond acceptors (Lipinski definition) is 5. The molecule has 0 bridgehead atoms. The van der Waals surface area contributed by atoms with Gasteiger partial charge in [-0.3, -0.25) is 0 Å². The third kappa shape index (κ3) is 6.32. The molecular formula is C41H35N4O3P. The first-order valence-electron chi connectivity index (χ1n) is 16.1. The summed E-state index contributed by atoms with van der Waals surface area (Å²) in [6.45, 7) is 0.496. The Bertz CT molecular complexity index is 2090. The average molecular weight is 663 g/mol. The Balaban J connectivity index is 1.17. The minimum absolute atomic E-state index is 0.0503. The van der Waals surface area contributed by atoms with Gasteiger partial charge in [0.15, 0.2) is 0 Å². The van der Waals surface area contributed by atoms with E-state index in [1.165, 1.54) is 15.9 Å². The van der Waals surface area contributed by atoms with Gasteiger partial charge < -0.3 is 10.2 Å². The fraction of sp³-hybridized carbons (Fsp3) is 0.0488. The van der Waals surface area contributed by atoms with Crippen LogP contribution in [-0.2, 0) is 0 Å². The number of nitrogens with one attached hydrogen (secondary N) is 1. The SMILES string of the molecule is O=C(NCC[PH](c1ccccc1)(c1ccccc1)c1ccccc1)c1ccc(-n2nc(-c3ccccc3O)nc2-c2ccccc2O)cc1. The number of amides is 1. The number of aromatic nitrogens is 3. The molecule has 0 spiro atoms. The topological polar surface area (TPSA) is 100 Å². The number of carbonyl (C=O) groups excluding carboxylic acids is 1. The van der Waals surface area contributed by atoms with E-state index >= 15 is 0 Å². The van der Waals surface area contributed by atoms with Gasteiger partial charge in [-0.05, 0) is 18.2 Å². The molecule has 49 heavy (non-hydrogen) atoms. The number of carbonyl (C=O) groups is 1. The fourth-order valence-corrected chi connectivity index (χ4v) is 11.1. The maximum atomic E-state index is 13.6. The van der Waals surface area contributed by atoms with E-state index in [0.717, 1.165) is 6.16 Å². The molecule has 0 fully saturated rings. The fourth-order valence-electron chi connectivity index (χ4n) is 6.43. The van der Waals surface area contributed by atoms with Crippen molar-refractivity contribution in [2.45, 2.75) is 0 Å². The van der Waals surface area contributed by atoms with Crippen LogP contribution in [0.5, 0.6) is 11.5 Å². The molecule has 242 valence electrons. The first-order valence-corrected chi connectivity index (χ1v) is 18.3. The van der Waals surface area contributed by atoms with Crippen molar-refractivity contribution in [1.82, 2.24) is 20.1 Å². The number of phenols is 2. The summed E-state index contributed by atoms with van der Waals surface area (Å²) in [7, 11) is -2.49. The predicted molar refractivity (Wildman–Crippen MR) is 199 cm³/mol. The van der Waals surface area contributed by atoms with Gasteiger partial charge in [-0.15, -0.1) is 0 Å². The quantitative estimate of drug-likeness (QED) is 0.146. The van der Waals surface area contributed by atoms with Gasteiger partial charge in [-0.2, -0.15) is 0 Å². The molecule has 8 heteroatoms. The van der Waals surface area contributed by atoms with Crippen LogP contribution in [0, 0.1) is 0 Å². The Kier molecular flexibility index (Phi) is 9.00. The maximum absolute atomic E-state index is 13.6. The molecule has 0 saturated carbocycles. The molecule has 3 N–H and O–H groups in total. The Labute approximate surface area is 285 Å². The number of nitrogens with zero attached hydrogens (tertiary/aromatic N) is 3. The van der Waals surface area contributed by atoms with E-state index in [4.69, 9.17) is 10.1 Å². The minimum atomic E-state index is -2.49. The summed E-state index contributed by atoms with van der Waals surface area (Å²) in [5.74, 6) is 0.642. The summed E-state index contributed by atoms with van der Waals surface area (Å²) in [5, 5.41) is 32.9. The number of benzene rings is 6. The Morgan fingerprint density at radius 1 is 0.592 bits per heavy atom. The predicted octanol–water partition coefficient (Wildman–Crippen LogP) is 6.47. The van der Waals surface area contributed by atoms with Crippen LogP contribution in [0.1, 0.15) is 10.4 Å². The Morgan fingerprint density at radius 3 is 1.57 bits per heavy atom. The molecule has 0 aliphatic carbocycles. The summed E-state index contributed by atoms with van der Waals surface area (Å²) in [5.41, 5.74) is 2.12. The second-order valence-electron chi connectivity index (χ2n) is 11.8. The second-order valence-corrected chi connectivity index (χ2v) is 15.8. The molecule has 7 rings (SSSR count). The molecule has 1 aromatic heterocycles. The molecule has 7 aromatic rings. The van der Waals surface area contributed by atoms with Crippen LogP contribution in [-0.4, -0.2) is 43.6 Å². The van der Waals surface area contributed by atoms with Gasteiger partial charge in [0.25, 0.3) is 0 Å². The zero-order valence-corrected chi connectivity index (χ0v) is 27.6. The number of hydrogen-bond donors (Lipinski definition) is 3. The molecule has 0 aliphatic heterocycles. The van der Waals surface area contributed by atoms with Crippen molar-refractivity contribution in [3.63, 3.8) is 0 Å². The zero-order valence-electron chi connectivity index (χ0n) is 26.6. The second kappa shape index (κ2) is 14.0. The number of aromatic hydroxyl groups is 2. The standard InChI is InChI=1S/C41H35N4O3P/c46-37-22-12-10-20-35(37)39-43-40(36-21-11-13-23-38(36)47)45(44-39)31-26-24-30(25-27-31)41(48)42-28-29-49(32-14-4-1-5-15-32,33-16-6-2-7-17-33)34-18-8-3-9-19-34/h1-27,46-47,49H,28-29H2,(H,42,48). The molecule has 6 aromatic carbocycles. The van der Waals surface area contributed by atoms with Crippen LogP contribution in [0.2, 0.25) is 0 Å². The third-order valence-electron chi connectivity index (χ3n) is 8.86. The van der Waals surface area contributed by atoms with Crippen LogP contribution in [0.25, 0.3) is 28.5 Å². The van der Waals surface area contributed by atoms with Gasteiger partial charge in [0, 0.05) is 0 Å². The van der Waals surface area contributed by atoms with Gasteiger partial charge in [-0.25, -0.2) is 0 Å². The van der Waals surface area contributed by atoms with Crippen molar-refractivity contribution >= 4 is 29.1 Å². The van der Waals surface area contributed by atoms with Crippen LogP contribution < -0.4 is 21.2 Å². The first-order chi connectivity index (χ1) is 24.0. The van der Waals surface area contributed by atoms with Crippen molar-refractivity contribution < 1.29 is 15.0 Å². The average Bonchev–Trinajstić information content (AvgIpc) is 3.60. The summed E-state index contributed by atoms with van der Waals surface area (Å²) in [6, 6.07) is 52.8. The van der Waals surface area contributed by atoms with Crippen molar-refractivity contribution in [2.24, 2.45) is 0 Å². The van der Waals surface area contributed by atoms with E-state index in [-0.39, 0.29) is 17.4 Å². The Morgan fingerprint density at radius 2 is 1.06 bits per heavy atom. The summed E-state index contributed by atoms with van der Waals surface area (Å²) >= 11 is 0. The van der Waals surface area contributed by atoms with Gasteiger partial charge in [0.2, 0.25) is 0 Å². The van der Waals surface area contributed by atoms with Gasteiger partial charge >= 0.3 is 228 Å². The van der Waals surface area contributed by atoms with Crippen LogP contribution in [0.4, 0.5) is 0 Å². The summed E-state index contributed by atoms with van der Waals surface area (Å²) in [4.78, 5) is 18.3. The summed E-state index contributed by atoms with van der Waals surface area (Å²) in [6.07, 6.45) is 0.785. The molecule has 0 aliphatic rings. The van der Waals surface area contributed by atoms with Crippen LogP contribution in [0.3, 0.4) is 0 Å². The molecular weight excluding hydrogens is 627 g/mol. The molecule has 0 atom stereocenters. The van der Waals surface area contributed by atoms with Gasteiger partial charge in [0.1, 0.15) is 5.75 Å². The molecule has 0 unspecified atom stereocenters. The van der Waals surface area contributed by atoms with Crippen molar-refractivity contribution in [2.75, 3.05) is 12.7 Å². The molecule has 7 nitrogen and oxygen atoms in total. The third-order valence-corrected chi connectivity index (χ3v) is 13.8. The van der Waals surface area contributed by atoms with E-state index in [9.17, 15) is 15.0 Å². The van der Waals surface area contributed by atoms with E-state index in [1.807, 2.05) is 24.3 Å². The number of phenolic OH excluding ortho intramolecular Hbond substituents is 2. The molecule has 1 heterocycles. The Hall–Kier alpha value is -6.04. The number of para-hydroxylation sites is 2. The van der Waals surface area contributed by atoms with Crippen LogP contribution in [0.15, 0.2) is 164 Å². The molecule has 0 radical (unpaired) electrons. The molecule has 0 saturated heterocycles. The van der Waals surface area contributed by atoms with Crippen molar-refractivity contribution in [1.29, 1.82) is 0 Å². The van der Waals surface area contributed by atoms with E-state index < -0.39 is 7.26 Å². The van der Waals surface area contributed by atoms with Gasteiger partial charge in [0.05, 0.1) is 0 Å². The monoisotopic (exact) mass is 662 g/mol. The van der Waals surface area contributed by atoms with Crippen molar-refractivity contribution in [3.8, 4) is 40.0 Å². The summed E-state index contributed by atoms with van der Waals surface area (Å²) < 4.78 is 1.61. The van der Waals surface area contributed by atoms with Crippen molar-refractivity contribution in [3.05, 3.63) is 169 Å². The van der Waals surface area contributed by atoms with E-state index in [2.05, 4.69) is 78.1 Å². The zero-order chi connectivity index (χ0) is 33.6. The van der Waals surface area contributed by atoms with E-state index in [1.54, 1.807) is 71.4 Å². The first kappa shape index (κ1) is 31.6. The van der Waals surface area contributed by atoms with Gasteiger partial charge in [-0.1, -0.05) is 24.3 Å². The molecule has 1 amide bonds. The normalized spacial score (nSPS) is 11.6. The van der Waals surface area contributed by atoms with Crippen LogP contribution >= 0.6 is 7.26 Å².